The van der Waals surface area contributed by atoms with Crippen molar-refractivity contribution in [2.75, 3.05) is 13.7 Å². The molecule has 1 N–H and O–H groups in total. The van der Waals surface area contributed by atoms with Gasteiger partial charge in [0.05, 0.1) is 7.11 Å². The molecule has 0 heterocycles. The molecule has 24 heavy (non-hydrogen) atoms. The maximum absolute atomic E-state index is 12.8. The zero-order valence-electron chi connectivity index (χ0n) is 13.9. The smallest absolute Gasteiger partial charge is 0.260 e. The standard InChI is InChI=1S/C19H22FNO3/c1-14(24-17-11-9-16(20)10-12-17)19(22)21-13-5-7-15-6-3-4-8-18(15)23-2/h3-4,6,8-12,14H,5,7,13H2,1-2H3,(H,21,22)/t14-/m0/s1. The Bertz CT molecular complexity index is 658. The normalized spacial score (nSPS) is 11.6. The van der Waals surface area contributed by atoms with Gasteiger partial charge in [0.25, 0.3) is 5.91 Å². The third kappa shape index (κ3) is 5.26. The van der Waals surface area contributed by atoms with E-state index in [4.69, 9.17) is 9.47 Å². The van der Waals surface area contributed by atoms with Crippen LogP contribution in [0.5, 0.6) is 11.5 Å². The number of hydrogen-bond donors (Lipinski definition) is 1. The first kappa shape index (κ1) is 17.8. The summed E-state index contributed by atoms with van der Waals surface area (Å²) in [7, 11) is 1.65. The highest BCUT2D eigenvalue weighted by molar-refractivity contribution is 5.80. The summed E-state index contributed by atoms with van der Waals surface area (Å²) in [4.78, 5) is 12.0. The average molecular weight is 331 g/mol. The monoisotopic (exact) mass is 331 g/mol. The second-order valence-corrected chi connectivity index (χ2v) is 5.42. The number of nitrogens with one attached hydrogen (secondary N) is 1. The van der Waals surface area contributed by atoms with Crippen LogP contribution in [-0.4, -0.2) is 25.7 Å². The van der Waals surface area contributed by atoms with Crippen molar-refractivity contribution in [3.05, 3.63) is 59.9 Å². The molecule has 0 bridgehead atoms. The van der Waals surface area contributed by atoms with Crippen LogP contribution in [-0.2, 0) is 11.2 Å². The lowest BCUT2D eigenvalue weighted by molar-refractivity contribution is -0.127. The van der Waals surface area contributed by atoms with Gasteiger partial charge in [-0.2, -0.15) is 0 Å². The molecule has 2 rings (SSSR count). The van der Waals surface area contributed by atoms with Crippen LogP contribution in [0.3, 0.4) is 0 Å². The number of carbonyl (C=O) groups is 1. The van der Waals surface area contributed by atoms with Crippen LogP contribution >= 0.6 is 0 Å². The fourth-order valence-corrected chi connectivity index (χ4v) is 2.31. The van der Waals surface area contributed by atoms with E-state index in [0.29, 0.717) is 12.3 Å². The zero-order valence-corrected chi connectivity index (χ0v) is 13.9. The summed E-state index contributed by atoms with van der Waals surface area (Å²) < 4.78 is 23.6. The largest absolute Gasteiger partial charge is 0.496 e. The van der Waals surface area contributed by atoms with Crippen LogP contribution in [0.15, 0.2) is 48.5 Å². The number of para-hydroxylation sites is 1. The number of amides is 1. The van der Waals surface area contributed by atoms with Crippen LogP contribution in [0.25, 0.3) is 0 Å². The van der Waals surface area contributed by atoms with Crippen molar-refractivity contribution in [2.24, 2.45) is 0 Å². The van der Waals surface area contributed by atoms with Crippen molar-refractivity contribution >= 4 is 5.91 Å². The molecule has 0 aliphatic heterocycles. The minimum atomic E-state index is -0.637. The molecule has 2 aromatic rings. The maximum atomic E-state index is 12.8. The van der Waals surface area contributed by atoms with E-state index in [1.807, 2.05) is 24.3 Å². The Hall–Kier alpha value is -2.56. The SMILES string of the molecule is COc1ccccc1CCCNC(=O)[C@H](C)Oc1ccc(F)cc1. The first-order chi connectivity index (χ1) is 11.6. The Balaban J connectivity index is 1.73. The lowest BCUT2D eigenvalue weighted by Gasteiger charge is -2.15. The number of aryl methyl sites for hydroxylation is 1. The van der Waals surface area contributed by atoms with Crippen molar-refractivity contribution in [1.29, 1.82) is 0 Å². The Morgan fingerprint density at radius 2 is 1.88 bits per heavy atom. The predicted octanol–water partition coefficient (Wildman–Crippen LogP) is 3.35. The fraction of sp³-hybridized carbons (Fsp3) is 0.316. The van der Waals surface area contributed by atoms with Gasteiger partial charge in [0, 0.05) is 6.54 Å². The molecule has 0 unspecified atom stereocenters. The van der Waals surface area contributed by atoms with E-state index >= 15 is 0 Å². The van der Waals surface area contributed by atoms with Crippen LogP contribution in [0.2, 0.25) is 0 Å². The number of rotatable bonds is 8. The Kier molecular flexibility index (Phi) is 6.61. The molecule has 0 aromatic heterocycles. The third-order valence-corrected chi connectivity index (χ3v) is 3.61. The molecule has 1 atom stereocenters. The van der Waals surface area contributed by atoms with E-state index < -0.39 is 6.10 Å². The topological polar surface area (TPSA) is 47.6 Å². The van der Waals surface area contributed by atoms with Crippen molar-refractivity contribution in [2.45, 2.75) is 25.9 Å². The summed E-state index contributed by atoms with van der Waals surface area (Å²) in [6.07, 6.45) is 0.981. The summed E-state index contributed by atoms with van der Waals surface area (Å²) in [6, 6.07) is 13.4. The van der Waals surface area contributed by atoms with Crippen molar-refractivity contribution in [1.82, 2.24) is 5.32 Å². The molecule has 0 saturated carbocycles. The van der Waals surface area contributed by atoms with Crippen LogP contribution < -0.4 is 14.8 Å². The summed E-state index contributed by atoms with van der Waals surface area (Å²) in [5.74, 6) is 0.792. The average Bonchev–Trinajstić information content (AvgIpc) is 2.60. The van der Waals surface area contributed by atoms with E-state index in [2.05, 4.69) is 5.32 Å². The van der Waals surface area contributed by atoms with Gasteiger partial charge in [0.15, 0.2) is 6.10 Å². The van der Waals surface area contributed by atoms with Crippen molar-refractivity contribution in [3.63, 3.8) is 0 Å². The fourth-order valence-electron chi connectivity index (χ4n) is 2.31. The molecular formula is C19H22FNO3. The predicted molar refractivity (Wildman–Crippen MR) is 90.8 cm³/mol. The van der Waals surface area contributed by atoms with E-state index in [1.54, 1.807) is 14.0 Å². The number of ether oxygens (including phenoxy) is 2. The summed E-state index contributed by atoms with van der Waals surface area (Å²) >= 11 is 0. The molecular weight excluding hydrogens is 309 g/mol. The quantitative estimate of drug-likeness (QED) is 0.755. The second kappa shape index (κ2) is 8.91. The van der Waals surface area contributed by atoms with Crippen LogP contribution in [0.1, 0.15) is 18.9 Å². The number of halogens is 1. The highest BCUT2D eigenvalue weighted by atomic mass is 19.1. The van der Waals surface area contributed by atoms with E-state index in [1.165, 1.54) is 24.3 Å². The van der Waals surface area contributed by atoms with E-state index in [0.717, 1.165) is 24.2 Å². The van der Waals surface area contributed by atoms with E-state index in [-0.39, 0.29) is 11.7 Å². The first-order valence-electron chi connectivity index (χ1n) is 7.92. The summed E-state index contributed by atoms with van der Waals surface area (Å²) in [5, 5.41) is 2.84. The van der Waals surface area contributed by atoms with Crippen molar-refractivity contribution in [3.8, 4) is 11.5 Å². The molecule has 0 spiro atoms. The van der Waals surface area contributed by atoms with Gasteiger partial charge >= 0.3 is 0 Å². The Morgan fingerprint density at radius 1 is 1.17 bits per heavy atom. The van der Waals surface area contributed by atoms with Gasteiger partial charge in [-0.15, -0.1) is 0 Å². The molecule has 5 heteroatoms. The van der Waals surface area contributed by atoms with Crippen LogP contribution in [0.4, 0.5) is 4.39 Å². The van der Waals surface area contributed by atoms with Gasteiger partial charge < -0.3 is 14.8 Å². The summed E-state index contributed by atoms with van der Waals surface area (Å²) in [6.45, 7) is 2.22. The zero-order chi connectivity index (χ0) is 17.4. The highest BCUT2D eigenvalue weighted by Gasteiger charge is 2.14. The minimum Gasteiger partial charge on any atom is -0.496 e. The number of methoxy groups -OCH3 is 1. The molecule has 2 aromatic carbocycles. The lowest BCUT2D eigenvalue weighted by Crippen LogP contribution is -2.36. The van der Waals surface area contributed by atoms with Gasteiger partial charge in [-0.1, -0.05) is 18.2 Å². The minimum absolute atomic E-state index is 0.195. The van der Waals surface area contributed by atoms with Gasteiger partial charge in [0.2, 0.25) is 0 Å². The van der Waals surface area contributed by atoms with Crippen molar-refractivity contribution < 1.29 is 18.7 Å². The highest BCUT2D eigenvalue weighted by Crippen LogP contribution is 2.18. The first-order valence-corrected chi connectivity index (χ1v) is 7.92. The summed E-state index contributed by atoms with van der Waals surface area (Å²) in [5.41, 5.74) is 1.12. The number of benzene rings is 2. The third-order valence-electron chi connectivity index (χ3n) is 3.61. The second-order valence-electron chi connectivity index (χ2n) is 5.42. The van der Waals surface area contributed by atoms with Gasteiger partial charge in [-0.3, -0.25) is 4.79 Å². The number of carbonyl (C=O) groups excluding carboxylic acids is 1. The number of hydrogen-bond acceptors (Lipinski definition) is 3. The molecule has 0 saturated heterocycles. The molecule has 0 radical (unpaired) electrons. The van der Waals surface area contributed by atoms with E-state index in [9.17, 15) is 9.18 Å². The maximum Gasteiger partial charge on any atom is 0.260 e. The van der Waals surface area contributed by atoms with Crippen LogP contribution in [0, 0.1) is 5.82 Å². The lowest BCUT2D eigenvalue weighted by atomic mass is 10.1. The molecule has 128 valence electrons. The Labute approximate surface area is 141 Å². The molecule has 0 aliphatic carbocycles. The Morgan fingerprint density at radius 3 is 2.58 bits per heavy atom. The van der Waals surface area contributed by atoms with Gasteiger partial charge in [-0.25, -0.2) is 4.39 Å². The molecule has 0 fully saturated rings. The van der Waals surface area contributed by atoms with Gasteiger partial charge in [-0.05, 0) is 55.7 Å². The molecule has 0 aliphatic rings. The molecule has 4 nitrogen and oxygen atoms in total. The van der Waals surface area contributed by atoms with Gasteiger partial charge in [0.1, 0.15) is 17.3 Å². The molecule has 1 amide bonds.